The van der Waals surface area contributed by atoms with Crippen molar-refractivity contribution in [2.45, 2.75) is 207 Å². The zero-order chi connectivity index (χ0) is 48.6. The van der Waals surface area contributed by atoms with Crippen LogP contribution in [0, 0.1) is 0 Å². The molecule has 6 heteroatoms. The van der Waals surface area contributed by atoms with Crippen LogP contribution in [0.4, 0.5) is 0 Å². The van der Waals surface area contributed by atoms with Crippen LogP contribution in [0.3, 0.4) is 0 Å². The minimum absolute atomic E-state index is 0.132. The van der Waals surface area contributed by atoms with Crippen LogP contribution in [-0.4, -0.2) is 37.2 Å². The molecular formula is C61H94O6. The van der Waals surface area contributed by atoms with E-state index in [4.69, 9.17) is 14.2 Å². The number of carbonyl (C=O) groups excluding carboxylic acids is 3. The van der Waals surface area contributed by atoms with Crippen molar-refractivity contribution in [3.8, 4) is 0 Å². The Morgan fingerprint density at radius 2 is 0.612 bits per heavy atom. The topological polar surface area (TPSA) is 78.9 Å². The van der Waals surface area contributed by atoms with Crippen LogP contribution in [0.25, 0.3) is 0 Å². The molecule has 67 heavy (non-hydrogen) atoms. The van der Waals surface area contributed by atoms with Gasteiger partial charge in [0.25, 0.3) is 0 Å². The Labute approximate surface area is 410 Å². The van der Waals surface area contributed by atoms with Gasteiger partial charge in [0.05, 0.1) is 0 Å². The van der Waals surface area contributed by atoms with Crippen LogP contribution in [-0.2, 0) is 28.6 Å². The molecule has 0 fully saturated rings. The summed E-state index contributed by atoms with van der Waals surface area (Å²) in [6, 6.07) is 0. The molecule has 0 spiro atoms. The van der Waals surface area contributed by atoms with E-state index in [0.717, 1.165) is 122 Å². The molecule has 0 aliphatic carbocycles. The van der Waals surface area contributed by atoms with Gasteiger partial charge >= 0.3 is 17.9 Å². The standard InChI is InChI=1S/C61H94O6/c1-4-7-10-13-16-19-22-25-28-29-30-31-34-36-39-42-45-48-51-54-60(63)66-57-58(67-61(64)55-52-49-46-43-40-37-33-27-24-21-18-15-12-9-6-3)56-65-59(62)53-50-47-44-41-38-35-32-26-23-20-17-14-11-8-5-2/h7,9-10,12,16-21,25-28,30-33,36,39-40,43,45,48,58H,4-6,8,11,13-15,22-24,29,34-35,37-38,41-42,44,46-47,49-57H2,1-3H3/b10-7-,12-9-,19-16-,20-17-,21-18-,28-25-,31-30-,32-26-,33-27-,39-36-,43-40-,48-45-. The van der Waals surface area contributed by atoms with E-state index in [1.54, 1.807) is 0 Å². The number of allylic oxidation sites excluding steroid dienone is 24. The van der Waals surface area contributed by atoms with Crippen molar-refractivity contribution in [3.63, 3.8) is 0 Å². The molecule has 0 N–H and O–H groups in total. The highest BCUT2D eigenvalue weighted by molar-refractivity contribution is 5.71. The van der Waals surface area contributed by atoms with E-state index in [1.807, 2.05) is 12.2 Å². The lowest BCUT2D eigenvalue weighted by molar-refractivity contribution is -0.166. The summed E-state index contributed by atoms with van der Waals surface area (Å²) in [5.41, 5.74) is 0. The van der Waals surface area contributed by atoms with Crippen molar-refractivity contribution in [2.75, 3.05) is 13.2 Å². The minimum atomic E-state index is -0.842. The van der Waals surface area contributed by atoms with Crippen LogP contribution >= 0.6 is 0 Å². The Morgan fingerprint density at radius 3 is 1.03 bits per heavy atom. The molecule has 0 saturated carbocycles. The second-order valence-corrected chi connectivity index (χ2v) is 16.7. The zero-order valence-electron chi connectivity index (χ0n) is 42.6. The molecule has 0 aromatic carbocycles. The van der Waals surface area contributed by atoms with Crippen LogP contribution < -0.4 is 0 Å². The highest BCUT2D eigenvalue weighted by Crippen LogP contribution is 2.11. The number of ether oxygens (including phenoxy) is 3. The third kappa shape index (κ3) is 52.1. The summed E-state index contributed by atoms with van der Waals surface area (Å²) in [5, 5.41) is 0. The lowest BCUT2D eigenvalue weighted by atomic mass is 10.1. The minimum Gasteiger partial charge on any atom is -0.462 e. The number of esters is 3. The van der Waals surface area contributed by atoms with E-state index in [0.29, 0.717) is 19.3 Å². The smallest absolute Gasteiger partial charge is 0.306 e. The van der Waals surface area contributed by atoms with Gasteiger partial charge in [0.1, 0.15) is 13.2 Å². The van der Waals surface area contributed by atoms with Crippen LogP contribution in [0.2, 0.25) is 0 Å². The van der Waals surface area contributed by atoms with Gasteiger partial charge in [0, 0.05) is 19.3 Å². The molecule has 0 amide bonds. The van der Waals surface area contributed by atoms with Crippen molar-refractivity contribution in [1.29, 1.82) is 0 Å². The molecule has 374 valence electrons. The molecule has 6 nitrogen and oxygen atoms in total. The largest absolute Gasteiger partial charge is 0.462 e. The van der Waals surface area contributed by atoms with E-state index in [2.05, 4.69) is 154 Å². The number of unbranched alkanes of at least 4 members (excludes halogenated alkanes) is 10. The summed E-state index contributed by atoms with van der Waals surface area (Å²) in [6.07, 6.45) is 77.0. The van der Waals surface area contributed by atoms with E-state index in [9.17, 15) is 14.4 Å². The Bertz CT molecular complexity index is 1530. The van der Waals surface area contributed by atoms with Gasteiger partial charge < -0.3 is 14.2 Å². The molecule has 0 radical (unpaired) electrons. The van der Waals surface area contributed by atoms with Gasteiger partial charge in [-0.3, -0.25) is 14.4 Å². The average molecular weight is 923 g/mol. The Balaban J connectivity index is 4.62. The number of carbonyl (C=O) groups is 3. The SMILES string of the molecule is CC/C=C\C/C=C\C/C=C\C/C=C\C/C=C\C/C=C\CCC(=O)OCC(COC(=O)CCCCCCC/C=C\C/C=C\CCCCC)OC(=O)CCCC/C=C\C/C=C\C/C=C\C/C=C\CC. The van der Waals surface area contributed by atoms with Crippen molar-refractivity contribution in [3.05, 3.63) is 146 Å². The van der Waals surface area contributed by atoms with Crippen molar-refractivity contribution < 1.29 is 28.6 Å². The van der Waals surface area contributed by atoms with Gasteiger partial charge in [-0.15, -0.1) is 0 Å². The predicted molar refractivity (Wildman–Crippen MR) is 288 cm³/mol. The van der Waals surface area contributed by atoms with E-state index < -0.39 is 6.10 Å². The highest BCUT2D eigenvalue weighted by Gasteiger charge is 2.19. The average Bonchev–Trinajstić information content (AvgIpc) is 3.33. The summed E-state index contributed by atoms with van der Waals surface area (Å²) in [5.74, 6) is -1.09. The third-order valence-electron chi connectivity index (χ3n) is 10.3. The maximum Gasteiger partial charge on any atom is 0.306 e. The summed E-state index contributed by atoms with van der Waals surface area (Å²) < 4.78 is 16.7. The maximum absolute atomic E-state index is 12.8. The van der Waals surface area contributed by atoms with Crippen molar-refractivity contribution in [2.24, 2.45) is 0 Å². The molecule has 0 bridgehead atoms. The van der Waals surface area contributed by atoms with E-state index in [1.165, 1.54) is 25.7 Å². The molecule has 0 aromatic heterocycles. The molecule has 0 rings (SSSR count). The molecule has 0 aromatic rings. The first kappa shape index (κ1) is 62.3. The molecule has 0 aliphatic heterocycles. The Morgan fingerprint density at radius 1 is 0.313 bits per heavy atom. The van der Waals surface area contributed by atoms with Gasteiger partial charge in [-0.1, -0.05) is 199 Å². The number of rotatable bonds is 45. The summed E-state index contributed by atoms with van der Waals surface area (Å²) in [4.78, 5) is 38.0. The van der Waals surface area contributed by atoms with Gasteiger partial charge in [0.15, 0.2) is 6.10 Å². The van der Waals surface area contributed by atoms with Gasteiger partial charge in [0.2, 0.25) is 0 Å². The normalized spacial score (nSPS) is 13.3. The monoisotopic (exact) mass is 923 g/mol. The molecule has 1 unspecified atom stereocenters. The third-order valence-corrected chi connectivity index (χ3v) is 10.3. The van der Waals surface area contributed by atoms with Crippen molar-refractivity contribution in [1.82, 2.24) is 0 Å². The maximum atomic E-state index is 12.8. The second kappa shape index (κ2) is 53.9. The van der Waals surface area contributed by atoms with Gasteiger partial charge in [-0.05, 0) is 128 Å². The molecule has 1 atom stereocenters. The van der Waals surface area contributed by atoms with Gasteiger partial charge in [-0.25, -0.2) is 0 Å². The first-order chi connectivity index (χ1) is 33.0. The number of hydrogen-bond acceptors (Lipinski definition) is 6. The fourth-order valence-electron chi connectivity index (χ4n) is 6.43. The quantitative estimate of drug-likeness (QED) is 0.0262. The fraction of sp³-hybridized carbons (Fsp3) is 0.557. The molecule has 0 saturated heterocycles. The lowest BCUT2D eigenvalue weighted by Crippen LogP contribution is -2.30. The predicted octanol–water partition coefficient (Wildman–Crippen LogP) is 17.6. The Hall–Kier alpha value is -4.71. The number of hydrogen-bond donors (Lipinski definition) is 0. The van der Waals surface area contributed by atoms with E-state index in [-0.39, 0.29) is 44.0 Å². The summed E-state index contributed by atoms with van der Waals surface area (Å²) in [7, 11) is 0. The first-order valence-electron chi connectivity index (χ1n) is 26.3. The van der Waals surface area contributed by atoms with E-state index >= 15 is 0 Å². The molecule has 0 aliphatic rings. The molecule has 0 heterocycles. The lowest BCUT2D eigenvalue weighted by Gasteiger charge is -2.18. The fourth-order valence-corrected chi connectivity index (χ4v) is 6.43. The van der Waals surface area contributed by atoms with Crippen LogP contribution in [0.1, 0.15) is 201 Å². The second-order valence-electron chi connectivity index (χ2n) is 16.7. The zero-order valence-corrected chi connectivity index (χ0v) is 42.6. The van der Waals surface area contributed by atoms with Crippen molar-refractivity contribution >= 4 is 17.9 Å². The molecular weight excluding hydrogens is 829 g/mol. The van der Waals surface area contributed by atoms with Crippen LogP contribution in [0.15, 0.2) is 146 Å². The summed E-state index contributed by atoms with van der Waals surface area (Å²) >= 11 is 0. The Kier molecular flexibility index (Phi) is 50.1. The summed E-state index contributed by atoms with van der Waals surface area (Å²) in [6.45, 7) is 6.24. The van der Waals surface area contributed by atoms with Gasteiger partial charge in [-0.2, -0.15) is 0 Å². The first-order valence-corrected chi connectivity index (χ1v) is 26.3. The van der Waals surface area contributed by atoms with Crippen LogP contribution in [0.5, 0.6) is 0 Å². The highest BCUT2D eigenvalue weighted by atomic mass is 16.6.